The van der Waals surface area contributed by atoms with Crippen LogP contribution in [0.25, 0.3) is 0 Å². The summed E-state index contributed by atoms with van der Waals surface area (Å²) in [5, 5.41) is 99.8. The van der Waals surface area contributed by atoms with Crippen molar-refractivity contribution in [2.75, 3.05) is 98.2 Å². The van der Waals surface area contributed by atoms with Crippen LogP contribution >= 0.6 is 0 Å². The lowest BCUT2D eigenvalue weighted by Crippen LogP contribution is -2.58. The molecule has 0 aliphatic carbocycles. The van der Waals surface area contributed by atoms with Crippen LogP contribution in [-0.2, 0) is 62.3 Å². The minimum Gasteiger partial charge on any atom is -0.549 e. The number of amides is 8. The number of aliphatic carboxylic acids is 8. The van der Waals surface area contributed by atoms with Crippen molar-refractivity contribution in [2.24, 2.45) is 0 Å². The fraction of sp³-hybridized carbons (Fsp3) is 0.650. The van der Waals surface area contributed by atoms with Crippen LogP contribution in [0.15, 0.2) is 24.3 Å². The molecule has 0 unspecified atom stereocenters. The van der Waals surface area contributed by atoms with Crippen LogP contribution in [0.1, 0.15) is 123 Å². The van der Waals surface area contributed by atoms with Crippen molar-refractivity contribution in [3.8, 4) is 0 Å². The third-order valence-corrected chi connectivity index (χ3v) is 20.9. The van der Waals surface area contributed by atoms with E-state index in [1.165, 1.54) is 39.0 Å². The third kappa shape index (κ3) is 32.1. The number of urea groups is 1. The number of unbranched alkanes of at least 4 members (excludes halogenated alkanes) is 1. The van der Waals surface area contributed by atoms with Crippen LogP contribution < -0.4 is 63.0 Å². The Hall–Kier alpha value is -8.94. The van der Waals surface area contributed by atoms with Gasteiger partial charge in [-0.05, 0) is 72.3 Å². The van der Waals surface area contributed by atoms with Crippen molar-refractivity contribution in [3.05, 3.63) is 29.8 Å². The molecular formula is C60H92FN12O23Si-3. The molecule has 5 atom stereocenters. The fourth-order valence-electron chi connectivity index (χ4n) is 10.6. The van der Waals surface area contributed by atoms with Gasteiger partial charge in [0.1, 0.15) is 30.2 Å². The number of benzene rings is 1. The summed E-state index contributed by atoms with van der Waals surface area (Å²) in [5.41, 5.74) is -0.00875. The molecule has 8 amide bonds. The predicted octanol–water partition coefficient (Wildman–Crippen LogP) is -5.95. The molecule has 1 saturated heterocycles. The van der Waals surface area contributed by atoms with Gasteiger partial charge in [0.2, 0.25) is 29.5 Å². The Labute approximate surface area is 560 Å². The van der Waals surface area contributed by atoms with E-state index in [9.17, 15) is 108 Å². The molecule has 0 aromatic heterocycles. The largest absolute Gasteiger partial charge is 0.549 e. The lowest BCUT2D eigenvalue weighted by Gasteiger charge is -2.44. The molecule has 544 valence electrons. The summed E-state index contributed by atoms with van der Waals surface area (Å²) >= 11 is 0. The van der Waals surface area contributed by atoms with E-state index in [1.54, 1.807) is 46.4 Å². The van der Waals surface area contributed by atoms with E-state index in [2.05, 4.69) is 31.9 Å². The molecule has 37 heteroatoms. The first-order chi connectivity index (χ1) is 45.2. The maximum absolute atomic E-state index is 17.2. The minimum absolute atomic E-state index is 0.000188. The Bertz CT molecular complexity index is 2870. The molecule has 0 bridgehead atoms. The van der Waals surface area contributed by atoms with Crippen molar-refractivity contribution < 1.29 is 117 Å². The molecule has 2 rings (SSSR count). The Kier molecular flexibility index (Phi) is 35.8. The van der Waals surface area contributed by atoms with Crippen LogP contribution in [0, 0.1) is 0 Å². The van der Waals surface area contributed by atoms with Crippen molar-refractivity contribution in [1.29, 1.82) is 0 Å². The Morgan fingerprint density at radius 3 is 1.23 bits per heavy atom. The highest BCUT2D eigenvalue weighted by atomic mass is 28.4. The average molecular weight is 1400 g/mol. The average Bonchev–Trinajstić information content (AvgIpc) is 0.749. The molecule has 1 fully saturated rings. The zero-order valence-corrected chi connectivity index (χ0v) is 56.3. The van der Waals surface area contributed by atoms with Gasteiger partial charge in [-0.1, -0.05) is 53.7 Å². The normalized spacial score (nSPS) is 15.5. The number of halogens is 1. The zero-order valence-electron chi connectivity index (χ0n) is 55.3. The highest BCUT2D eigenvalue weighted by Crippen LogP contribution is 2.51. The first-order valence-corrected chi connectivity index (χ1v) is 33.3. The highest BCUT2D eigenvalue weighted by Gasteiger charge is 2.56. The smallest absolute Gasteiger partial charge is 0.326 e. The van der Waals surface area contributed by atoms with Gasteiger partial charge in [0, 0.05) is 123 Å². The number of hydrogen-bond donors (Lipinski definition) is 13. The maximum Gasteiger partial charge on any atom is 0.326 e. The summed E-state index contributed by atoms with van der Waals surface area (Å²) < 4.78 is 17.2. The first kappa shape index (κ1) is 84.1. The Balaban J connectivity index is 2.09. The molecule has 1 aromatic carbocycles. The highest BCUT2D eigenvalue weighted by molar-refractivity contribution is 6.90. The van der Waals surface area contributed by atoms with Crippen molar-refractivity contribution in [2.45, 2.75) is 152 Å². The van der Waals surface area contributed by atoms with Gasteiger partial charge in [-0.15, -0.1) is 0 Å². The molecule has 1 aliphatic rings. The second kappa shape index (κ2) is 41.2. The zero-order chi connectivity index (χ0) is 73.4. The van der Waals surface area contributed by atoms with E-state index < -0.39 is 196 Å². The molecule has 13 N–H and O–H groups in total. The van der Waals surface area contributed by atoms with E-state index in [1.807, 2.05) is 10.6 Å². The van der Waals surface area contributed by atoms with Gasteiger partial charge in [0.25, 0.3) is 14.3 Å². The summed E-state index contributed by atoms with van der Waals surface area (Å²) in [5.74, 6) is -16.5. The number of nitrogens with zero attached hydrogens (tertiary/aromatic N) is 4. The van der Waals surface area contributed by atoms with Gasteiger partial charge in [0.05, 0.1) is 24.5 Å². The molecular weight excluding hydrogens is 1300 g/mol. The van der Waals surface area contributed by atoms with E-state index in [0.717, 1.165) is 0 Å². The van der Waals surface area contributed by atoms with Crippen molar-refractivity contribution in [3.63, 3.8) is 0 Å². The second-order valence-corrected chi connectivity index (χ2v) is 30.2. The van der Waals surface area contributed by atoms with Gasteiger partial charge in [-0.3, -0.25) is 53.2 Å². The van der Waals surface area contributed by atoms with Crippen LogP contribution in [0.5, 0.6) is 0 Å². The third-order valence-electron chi connectivity index (χ3n) is 15.7. The van der Waals surface area contributed by atoms with Crippen molar-refractivity contribution >= 4 is 103 Å². The minimum atomic E-state index is -3.79. The fourth-order valence-corrected chi connectivity index (χ4v) is 15.2. The number of carbonyl (C=O) groups excluding carboxylic acids is 10. The molecule has 1 aliphatic heterocycles. The Morgan fingerprint density at radius 1 is 0.443 bits per heavy atom. The topological polar surface area (TPSA) is 536 Å². The summed E-state index contributed by atoms with van der Waals surface area (Å²) in [4.78, 5) is 191. The van der Waals surface area contributed by atoms with Crippen molar-refractivity contribution in [1.82, 2.24) is 62.1 Å². The molecule has 0 spiro atoms. The predicted molar refractivity (Wildman–Crippen MR) is 336 cm³/mol. The molecule has 35 nitrogen and oxygen atoms in total. The maximum atomic E-state index is 17.2. The van der Waals surface area contributed by atoms with Gasteiger partial charge in [0.15, 0.2) is 0 Å². The van der Waals surface area contributed by atoms with E-state index in [4.69, 9.17) is 5.11 Å². The van der Waals surface area contributed by atoms with Gasteiger partial charge in [-0.2, -0.15) is 0 Å². The quantitative estimate of drug-likeness (QED) is 0.0165. The lowest BCUT2D eigenvalue weighted by atomic mass is 10.1. The number of carboxylic acids is 8. The van der Waals surface area contributed by atoms with Gasteiger partial charge in [-0.25, -0.2) is 24.0 Å². The monoisotopic (exact) mass is 1400 g/mol. The Morgan fingerprint density at radius 2 is 0.825 bits per heavy atom. The SMILES string of the molecule is CC(C)(C)[Si](F)(c1ccc(C(=O)N[C@H](CNC(=O)CN2CCN(CC(=O)[O-])CCN(CC(=O)[O-])CCN(CC(=O)[O-])CC2)C(=O)N[C@@H](CCCCNC(=O)CCC(=O)NCCC[C@H](NC(=O)CC[C@H](NC(=O)N[C@@H](CCC(=O)O)C(=O)O)C(=O)O)C(=O)O)C(=O)O)cc1)C(C)(C)C. The number of hydrogen-bond acceptors (Lipinski definition) is 22. The number of carboxylic acid groups (broad SMARTS) is 8. The van der Waals surface area contributed by atoms with E-state index in [-0.39, 0.29) is 116 Å². The molecule has 0 saturated carbocycles. The second-order valence-electron chi connectivity index (χ2n) is 25.4. The number of nitrogens with one attached hydrogen (secondary N) is 8. The first-order valence-electron chi connectivity index (χ1n) is 31.4. The van der Waals surface area contributed by atoms with Crippen LogP contribution in [-0.4, -0.2) is 271 Å². The summed E-state index contributed by atoms with van der Waals surface area (Å²) in [6.07, 6.45) is -3.05. The molecule has 1 heterocycles. The standard InChI is InChI=1S/C60H95FN12O23Si/c1-59(2,3)97(61,60(4,5)6)38-14-12-37(13-15-38)52(86)67-43(32-64-47(77)33-70-24-26-71(34-49(80)81)28-30-73(36-51(84)85)31-29-72(27-25-70)35-50(82)83)53(87)66-40(55(90)91)10-7-8-22-62-44(74)19-20-45(75)63-23-9-11-39(54(88)89)65-46(76)18-16-41(56(92)93)68-58(96)69-42(57(94)95)17-21-48(78)79/h12-15,39-43H,7-11,16-36H2,1-6H3,(H,62,74)(H,63,75)(H,64,77)(H,65,76)(H,66,87)(H,67,86)(H,78,79)(H,80,81)(H,82,83)(H,84,85)(H,88,89)(H,90,91)(H,92,93)(H,94,95)(H2,68,69,96)/p-3/t39-,40-,41-,42-,43+/m0/s1. The van der Waals surface area contributed by atoms with Gasteiger partial charge >= 0.3 is 35.9 Å². The number of rotatable bonds is 40. The molecule has 0 radical (unpaired) electrons. The van der Waals surface area contributed by atoms with Crippen LogP contribution in [0.4, 0.5) is 8.90 Å². The lowest BCUT2D eigenvalue weighted by molar-refractivity contribution is -0.308. The summed E-state index contributed by atoms with van der Waals surface area (Å²) in [6.45, 7) is 8.26. The number of carbonyl (C=O) groups is 15. The van der Waals surface area contributed by atoms with Gasteiger partial charge < -0.3 is 102 Å². The van der Waals surface area contributed by atoms with E-state index in [0.29, 0.717) is 5.19 Å². The summed E-state index contributed by atoms with van der Waals surface area (Å²) in [6, 6.07) is -3.64. The molecule has 97 heavy (non-hydrogen) atoms. The van der Waals surface area contributed by atoms with Crippen LogP contribution in [0.2, 0.25) is 10.1 Å². The van der Waals surface area contributed by atoms with E-state index >= 15 is 4.11 Å². The summed E-state index contributed by atoms with van der Waals surface area (Å²) in [7, 11) is -3.79. The molecule has 1 aromatic rings. The van der Waals surface area contributed by atoms with Crippen LogP contribution in [0.3, 0.4) is 0 Å².